The third-order valence-corrected chi connectivity index (χ3v) is 5.28. The van der Waals surface area contributed by atoms with Crippen LogP contribution in [-0.4, -0.2) is 11.1 Å². The first-order valence-corrected chi connectivity index (χ1v) is 8.83. The zero-order chi connectivity index (χ0) is 13.7. The molecule has 0 bridgehead atoms. The van der Waals surface area contributed by atoms with Gasteiger partial charge < -0.3 is 4.74 Å². The smallest absolute Gasteiger partial charge is 0.122 e. The summed E-state index contributed by atoms with van der Waals surface area (Å²) in [5.41, 5.74) is 0.971. The molecule has 3 atom stereocenters. The molecule has 1 aliphatic carbocycles. The molecule has 19 heavy (non-hydrogen) atoms. The molecule has 0 spiro atoms. The molecule has 2 nitrogen and oxygen atoms in total. The summed E-state index contributed by atoms with van der Waals surface area (Å²) >= 11 is 7.50. The van der Waals surface area contributed by atoms with Crippen molar-refractivity contribution in [2.24, 2.45) is 5.92 Å². The largest absolute Gasteiger partial charge is 0.368 e. The van der Waals surface area contributed by atoms with Gasteiger partial charge in [0.2, 0.25) is 0 Å². The van der Waals surface area contributed by atoms with Crippen LogP contribution in [0.2, 0.25) is 0 Å². The fourth-order valence-electron chi connectivity index (χ4n) is 2.83. The predicted octanol–water partition coefficient (Wildman–Crippen LogP) is 5.32. The fourth-order valence-corrected chi connectivity index (χ4v) is 3.99. The molecular formula is C15H24ClNOS. The second-order valence-corrected chi connectivity index (χ2v) is 6.56. The van der Waals surface area contributed by atoms with Gasteiger partial charge in [-0.05, 0) is 25.2 Å². The number of halogens is 1. The molecule has 0 N–H and O–H groups in total. The van der Waals surface area contributed by atoms with Gasteiger partial charge in [-0.15, -0.1) is 22.9 Å². The van der Waals surface area contributed by atoms with Crippen LogP contribution in [0.15, 0.2) is 5.38 Å². The summed E-state index contributed by atoms with van der Waals surface area (Å²) in [6.07, 6.45) is 7.97. The quantitative estimate of drug-likeness (QED) is 0.664. The average Bonchev–Trinajstić information content (AvgIpc) is 2.93. The van der Waals surface area contributed by atoms with E-state index in [1.165, 1.54) is 32.1 Å². The van der Waals surface area contributed by atoms with Gasteiger partial charge in [0, 0.05) is 5.38 Å². The van der Waals surface area contributed by atoms with Gasteiger partial charge >= 0.3 is 0 Å². The van der Waals surface area contributed by atoms with E-state index in [0.717, 1.165) is 23.0 Å². The maximum Gasteiger partial charge on any atom is 0.122 e. The van der Waals surface area contributed by atoms with Crippen LogP contribution in [0.1, 0.15) is 69.2 Å². The zero-order valence-electron chi connectivity index (χ0n) is 11.9. The van der Waals surface area contributed by atoms with Crippen molar-refractivity contribution in [1.82, 2.24) is 4.98 Å². The first kappa shape index (κ1) is 15.3. The van der Waals surface area contributed by atoms with Crippen molar-refractivity contribution in [2.45, 2.75) is 70.5 Å². The van der Waals surface area contributed by atoms with Gasteiger partial charge in [0.25, 0.3) is 0 Å². The summed E-state index contributed by atoms with van der Waals surface area (Å²) in [5.74, 6) is 1.35. The standard InChI is InChI=1S/C15H24ClNOS/c1-3-11-6-5-7-13(8-11)18-14(4-2)15-17-12(9-16)10-19-15/h10-11,13-14H,3-9H2,1-2H3. The van der Waals surface area contributed by atoms with E-state index in [2.05, 4.69) is 18.8 Å². The van der Waals surface area contributed by atoms with Crippen molar-refractivity contribution in [3.8, 4) is 0 Å². The third kappa shape index (κ3) is 4.17. The van der Waals surface area contributed by atoms with Crippen molar-refractivity contribution in [3.63, 3.8) is 0 Å². The summed E-state index contributed by atoms with van der Waals surface area (Å²) < 4.78 is 6.32. The lowest BCUT2D eigenvalue weighted by atomic mass is 9.85. The Labute approximate surface area is 125 Å². The number of hydrogen-bond donors (Lipinski definition) is 0. The van der Waals surface area contributed by atoms with Gasteiger partial charge in [-0.3, -0.25) is 0 Å². The Balaban J connectivity index is 1.94. The van der Waals surface area contributed by atoms with Crippen molar-refractivity contribution in [3.05, 3.63) is 16.1 Å². The third-order valence-electron chi connectivity index (χ3n) is 4.02. The molecule has 108 valence electrons. The first-order chi connectivity index (χ1) is 9.26. The zero-order valence-corrected chi connectivity index (χ0v) is 13.5. The molecule has 0 radical (unpaired) electrons. The van der Waals surface area contributed by atoms with E-state index in [-0.39, 0.29) is 6.10 Å². The van der Waals surface area contributed by atoms with Crippen LogP contribution in [0.4, 0.5) is 0 Å². The maximum absolute atomic E-state index is 6.32. The van der Waals surface area contributed by atoms with E-state index in [0.29, 0.717) is 12.0 Å². The lowest BCUT2D eigenvalue weighted by Crippen LogP contribution is -2.24. The fraction of sp³-hybridized carbons (Fsp3) is 0.800. The Morgan fingerprint density at radius 3 is 2.95 bits per heavy atom. The van der Waals surface area contributed by atoms with Crippen molar-refractivity contribution in [2.75, 3.05) is 0 Å². The minimum atomic E-state index is 0.155. The van der Waals surface area contributed by atoms with Crippen LogP contribution in [0, 0.1) is 5.92 Å². The summed E-state index contributed by atoms with van der Waals surface area (Å²) in [6, 6.07) is 0. The second kappa shape index (κ2) is 7.61. The highest BCUT2D eigenvalue weighted by Crippen LogP contribution is 2.33. The SMILES string of the molecule is CCC1CCCC(OC(CC)c2nc(CCl)cs2)C1. The van der Waals surface area contributed by atoms with Crippen LogP contribution < -0.4 is 0 Å². The molecule has 1 saturated carbocycles. The number of thiazole rings is 1. The van der Waals surface area contributed by atoms with Gasteiger partial charge in [-0.25, -0.2) is 4.98 Å². The van der Waals surface area contributed by atoms with Gasteiger partial charge in [-0.1, -0.05) is 33.1 Å². The number of alkyl halides is 1. The van der Waals surface area contributed by atoms with Gasteiger partial charge in [0.05, 0.1) is 17.7 Å². The lowest BCUT2D eigenvalue weighted by Gasteiger charge is -2.30. The molecule has 0 amide bonds. The average molecular weight is 302 g/mol. The molecule has 1 heterocycles. The van der Waals surface area contributed by atoms with E-state index < -0.39 is 0 Å². The molecule has 0 aliphatic heterocycles. The van der Waals surface area contributed by atoms with Crippen molar-refractivity contribution in [1.29, 1.82) is 0 Å². The van der Waals surface area contributed by atoms with Gasteiger partial charge in [0.1, 0.15) is 11.1 Å². The summed E-state index contributed by atoms with van der Waals surface area (Å²) in [7, 11) is 0. The van der Waals surface area contributed by atoms with Crippen LogP contribution >= 0.6 is 22.9 Å². The van der Waals surface area contributed by atoms with Gasteiger partial charge in [0.15, 0.2) is 0 Å². The number of hydrogen-bond acceptors (Lipinski definition) is 3. The highest BCUT2D eigenvalue weighted by molar-refractivity contribution is 7.09. The Morgan fingerprint density at radius 1 is 1.47 bits per heavy atom. The number of aromatic nitrogens is 1. The summed E-state index contributed by atoms with van der Waals surface area (Å²) in [5, 5.41) is 3.14. The van der Waals surface area contributed by atoms with E-state index in [4.69, 9.17) is 16.3 Å². The maximum atomic E-state index is 6.32. The van der Waals surface area contributed by atoms with E-state index in [9.17, 15) is 0 Å². The predicted molar refractivity (Wildman–Crippen MR) is 81.8 cm³/mol. The molecule has 0 saturated heterocycles. The number of rotatable bonds is 6. The van der Waals surface area contributed by atoms with Crippen LogP contribution in [0.3, 0.4) is 0 Å². The Hall–Kier alpha value is -0.120. The minimum Gasteiger partial charge on any atom is -0.368 e. The molecule has 3 unspecified atom stereocenters. The molecule has 1 aromatic rings. The second-order valence-electron chi connectivity index (χ2n) is 5.41. The molecule has 1 fully saturated rings. The first-order valence-electron chi connectivity index (χ1n) is 7.42. The highest BCUT2D eigenvalue weighted by atomic mass is 35.5. The van der Waals surface area contributed by atoms with E-state index >= 15 is 0 Å². The number of nitrogens with zero attached hydrogens (tertiary/aromatic N) is 1. The topological polar surface area (TPSA) is 22.1 Å². The number of ether oxygens (including phenoxy) is 1. The molecule has 0 aromatic carbocycles. The van der Waals surface area contributed by atoms with Gasteiger partial charge in [-0.2, -0.15) is 0 Å². The molecular weight excluding hydrogens is 278 g/mol. The minimum absolute atomic E-state index is 0.155. The van der Waals surface area contributed by atoms with Crippen LogP contribution in [-0.2, 0) is 10.6 Å². The summed E-state index contributed by atoms with van der Waals surface area (Å²) in [6.45, 7) is 4.46. The molecule has 1 aromatic heterocycles. The van der Waals surface area contributed by atoms with E-state index in [1.807, 2.05) is 5.38 Å². The monoisotopic (exact) mass is 301 g/mol. The Morgan fingerprint density at radius 2 is 2.32 bits per heavy atom. The molecule has 2 rings (SSSR count). The van der Waals surface area contributed by atoms with Crippen LogP contribution in [0.5, 0.6) is 0 Å². The summed E-state index contributed by atoms with van der Waals surface area (Å²) in [4.78, 5) is 4.57. The van der Waals surface area contributed by atoms with Crippen LogP contribution in [0.25, 0.3) is 0 Å². The van der Waals surface area contributed by atoms with Crippen molar-refractivity contribution < 1.29 is 4.74 Å². The molecule has 4 heteroatoms. The Kier molecular flexibility index (Phi) is 6.11. The molecule has 1 aliphatic rings. The highest BCUT2D eigenvalue weighted by Gasteiger charge is 2.25. The lowest BCUT2D eigenvalue weighted by molar-refractivity contribution is -0.0439. The van der Waals surface area contributed by atoms with E-state index in [1.54, 1.807) is 11.3 Å². The Bertz CT molecular complexity index is 382. The normalized spacial score (nSPS) is 25.4. The van der Waals surface area contributed by atoms with Crippen molar-refractivity contribution >= 4 is 22.9 Å².